The fraction of sp³-hybridized carbons (Fsp3) is 0.174. The van der Waals surface area contributed by atoms with Crippen molar-refractivity contribution in [1.82, 2.24) is 20.1 Å². The molecule has 150 valence electrons. The topological polar surface area (TPSA) is 86.1 Å². The van der Waals surface area contributed by atoms with Gasteiger partial charge in [-0.3, -0.25) is 0 Å². The molecule has 0 aliphatic heterocycles. The third-order valence-corrected chi connectivity index (χ3v) is 4.96. The summed E-state index contributed by atoms with van der Waals surface area (Å²) in [6.45, 7) is 2.34. The Morgan fingerprint density at radius 1 is 1.03 bits per heavy atom. The van der Waals surface area contributed by atoms with E-state index in [0.717, 1.165) is 38.9 Å². The minimum Gasteiger partial charge on any atom is -0.457 e. The van der Waals surface area contributed by atoms with E-state index < -0.39 is 0 Å². The molecule has 0 amide bonds. The van der Waals surface area contributed by atoms with Crippen molar-refractivity contribution < 1.29 is 14.0 Å². The maximum atomic E-state index is 6.04. The van der Waals surface area contributed by atoms with Gasteiger partial charge in [-0.25, -0.2) is 4.98 Å². The number of nitrogens with one attached hydrogen (secondary N) is 1. The lowest BCUT2D eigenvalue weighted by Gasteiger charge is -2.08. The summed E-state index contributed by atoms with van der Waals surface area (Å²) in [5, 5.41) is 6.03. The Hall–Kier alpha value is -3.71. The second kappa shape index (κ2) is 7.61. The number of benzene rings is 2. The highest BCUT2D eigenvalue weighted by atomic mass is 16.5. The molecule has 0 aliphatic rings. The van der Waals surface area contributed by atoms with Crippen LogP contribution >= 0.6 is 0 Å². The fourth-order valence-electron chi connectivity index (χ4n) is 3.59. The molecule has 5 aromatic rings. The maximum Gasteiger partial charge on any atom is 0.276 e. The second-order valence-corrected chi connectivity index (χ2v) is 6.92. The van der Waals surface area contributed by atoms with Gasteiger partial charge in [0.1, 0.15) is 17.2 Å². The molecule has 30 heavy (non-hydrogen) atoms. The molecule has 1 N–H and O–H groups in total. The summed E-state index contributed by atoms with van der Waals surface area (Å²) in [6, 6.07) is 15.7. The van der Waals surface area contributed by atoms with E-state index in [1.165, 1.54) is 0 Å². The highest BCUT2D eigenvalue weighted by Gasteiger charge is 2.20. The Morgan fingerprint density at radius 3 is 2.67 bits per heavy atom. The minimum absolute atomic E-state index is 0.361. The largest absolute Gasteiger partial charge is 0.457 e. The third kappa shape index (κ3) is 3.19. The van der Waals surface area contributed by atoms with Gasteiger partial charge in [0, 0.05) is 35.4 Å². The number of hydrogen-bond acceptors (Lipinski definition) is 6. The van der Waals surface area contributed by atoms with Gasteiger partial charge < -0.3 is 19.0 Å². The Balaban J connectivity index is 1.69. The van der Waals surface area contributed by atoms with Gasteiger partial charge in [-0.15, -0.1) is 0 Å². The number of rotatable bonds is 6. The lowest BCUT2D eigenvalue weighted by molar-refractivity contribution is 0.186. The van der Waals surface area contributed by atoms with Crippen LogP contribution in [0.2, 0.25) is 0 Å². The summed E-state index contributed by atoms with van der Waals surface area (Å²) in [6.07, 6.45) is 2.48. The number of H-pyrrole nitrogens is 1. The third-order valence-electron chi connectivity index (χ3n) is 4.96. The first-order valence-electron chi connectivity index (χ1n) is 9.75. The van der Waals surface area contributed by atoms with Crippen molar-refractivity contribution in [2.75, 3.05) is 7.11 Å². The van der Waals surface area contributed by atoms with Crippen LogP contribution in [-0.4, -0.2) is 27.2 Å². The molecule has 3 aromatic heterocycles. The molecule has 0 fully saturated rings. The molecular weight excluding hydrogens is 380 g/mol. The van der Waals surface area contributed by atoms with Crippen LogP contribution in [0.5, 0.6) is 11.5 Å². The van der Waals surface area contributed by atoms with E-state index in [0.29, 0.717) is 30.4 Å². The van der Waals surface area contributed by atoms with E-state index in [1.807, 2.05) is 55.5 Å². The first-order valence-corrected chi connectivity index (χ1v) is 9.75. The number of ether oxygens (including phenoxy) is 2. The molecule has 0 bridgehead atoms. The molecule has 0 saturated heterocycles. The van der Waals surface area contributed by atoms with E-state index in [4.69, 9.17) is 14.0 Å². The Bertz CT molecular complexity index is 1320. The summed E-state index contributed by atoms with van der Waals surface area (Å²) in [4.78, 5) is 12.5. The molecule has 0 aliphatic carbocycles. The van der Waals surface area contributed by atoms with Crippen LogP contribution in [0.3, 0.4) is 0 Å². The first-order chi connectivity index (χ1) is 14.8. The van der Waals surface area contributed by atoms with Crippen molar-refractivity contribution in [2.45, 2.75) is 20.0 Å². The lowest BCUT2D eigenvalue weighted by Crippen LogP contribution is -1.97. The van der Waals surface area contributed by atoms with Crippen LogP contribution in [0.25, 0.3) is 33.4 Å². The smallest absolute Gasteiger partial charge is 0.276 e. The van der Waals surface area contributed by atoms with Gasteiger partial charge >= 0.3 is 0 Å². The molecular formula is C23H20N4O3. The van der Waals surface area contributed by atoms with E-state index in [2.05, 4.69) is 20.1 Å². The molecule has 0 atom stereocenters. The van der Waals surface area contributed by atoms with E-state index >= 15 is 0 Å². The highest BCUT2D eigenvalue weighted by molar-refractivity contribution is 6.10. The number of nitrogens with zero attached hydrogens (tertiary/aromatic N) is 3. The van der Waals surface area contributed by atoms with Gasteiger partial charge in [0.25, 0.3) is 5.89 Å². The van der Waals surface area contributed by atoms with Gasteiger partial charge in [-0.1, -0.05) is 30.3 Å². The molecule has 7 heteroatoms. The van der Waals surface area contributed by atoms with Crippen LogP contribution in [0.15, 0.2) is 59.3 Å². The quantitative estimate of drug-likeness (QED) is 0.418. The van der Waals surface area contributed by atoms with Crippen molar-refractivity contribution in [3.63, 3.8) is 0 Å². The normalized spacial score (nSPS) is 11.4. The van der Waals surface area contributed by atoms with Crippen molar-refractivity contribution in [2.24, 2.45) is 0 Å². The summed E-state index contributed by atoms with van der Waals surface area (Å²) in [5.41, 5.74) is 3.42. The second-order valence-electron chi connectivity index (χ2n) is 6.92. The Morgan fingerprint density at radius 2 is 1.90 bits per heavy atom. The number of hydrogen-bond donors (Lipinski definition) is 1. The summed E-state index contributed by atoms with van der Waals surface area (Å²) < 4.78 is 17.0. The Labute approximate surface area is 172 Å². The first kappa shape index (κ1) is 18.3. The molecule has 3 heterocycles. The molecule has 0 saturated carbocycles. The van der Waals surface area contributed by atoms with Crippen LogP contribution in [0.1, 0.15) is 18.3 Å². The number of para-hydroxylation sites is 1. The Kier molecular flexibility index (Phi) is 4.65. The number of aromatic nitrogens is 4. The zero-order valence-corrected chi connectivity index (χ0v) is 16.7. The molecule has 0 radical (unpaired) electrons. The van der Waals surface area contributed by atoms with Gasteiger partial charge in [-0.05, 0) is 30.3 Å². The number of aromatic amines is 1. The monoisotopic (exact) mass is 400 g/mol. The van der Waals surface area contributed by atoms with Gasteiger partial charge in [-0.2, -0.15) is 4.98 Å². The maximum absolute atomic E-state index is 6.04. The molecule has 7 nitrogen and oxygen atoms in total. The predicted octanol–water partition coefficient (Wildman–Crippen LogP) is 5.27. The standard InChI is InChI=1S/C23H20N4O3/c1-3-20-26-23(30-27-20)22-17(13-28-2)21-16-11-15(29-14-7-5-4-6-8-14)9-10-18(16)25-19(21)12-24-22/h4-12,25H,3,13H2,1-2H3. The molecule has 2 aromatic carbocycles. The van der Waals surface area contributed by atoms with Crippen molar-refractivity contribution in [3.05, 3.63) is 66.1 Å². The van der Waals surface area contributed by atoms with Crippen molar-refractivity contribution >= 4 is 21.8 Å². The van der Waals surface area contributed by atoms with Gasteiger partial charge in [0.05, 0.1) is 18.3 Å². The van der Waals surface area contributed by atoms with Crippen LogP contribution in [0.4, 0.5) is 0 Å². The van der Waals surface area contributed by atoms with E-state index in [9.17, 15) is 0 Å². The number of fused-ring (bicyclic) bond motifs is 3. The van der Waals surface area contributed by atoms with E-state index in [1.54, 1.807) is 13.3 Å². The minimum atomic E-state index is 0.361. The van der Waals surface area contributed by atoms with Crippen LogP contribution in [0, 0.1) is 0 Å². The zero-order chi connectivity index (χ0) is 20.5. The average molecular weight is 400 g/mol. The highest BCUT2D eigenvalue weighted by Crippen LogP contribution is 2.36. The number of pyridine rings is 1. The number of aryl methyl sites for hydroxylation is 1. The molecule has 0 unspecified atom stereocenters. The zero-order valence-electron chi connectivity index (χ0n) is 16.7. The average Bonchev–Trinajstić information content (AvgIpc) is 3.39. The summed E-state index contributed by atoms with van der Waals surface area (Å²) in [5.74, 6) is 2.58. The predicted molar refractivity (Wildman–Crippen MR) is 113 cm³/mol. The van der Waals surface area contributed by atoms with Gasteiger partial charge in [0.15, 0.2) is 5.82 Å². The summed E-state index contributed by atoms with van der Waals surface area (Å²) in [7, 11) is 1.66. The van der Waals surface area contributed by atoms with Crippen LogP contribution < -0.4 is 4.74 Å². The molecule has 5 rings (SSSR count). The van der Waals surface area contributed by atoms with E-state index in [-0.39, 0.29) is 0 Å². The van der Waals surface area contributed by atoms with Gasteiger partial charge in [0.2, 0.25) is 0 Å². The summed E-state index contributed by atoms with van der Waals surface area (Å²) >= 11 is 0. The van der Waals surface area contributed by atoms with Crippen LogP contribution in [-0.2, 0) is 17.8 Å². The fourth-order valence-corrected chi connectivity index (χ4v) is 3.59. The lowest BCUT2D eigenvalue weighted by atomic mass is 10.1. The SMILES string of the molecule is CCc1noc(-c2ncc3[nH]c4ccc(Oc5ccccc5)cc4c3c2COC)n1. The number of methoxy groups -OCH3 is 1. The van der Waals surface area contributed by atoms with Crippen molar-refractivity contribution in [1.29, 1.82) is 0 Å². The van der Waals surface area contributed by atoms with Crippen molar-refractivity contribution in [3.8, 4) is 23.1 Å². The molecule has 0 spiro atoms.